The van der Waals surface area contributed by atoms with E-state index in [2.05, 4.69) is 20.3 Å². The second kappa shape index (κ2) is 4.04. The second-order valence-corrected chi connectivity index (χ2v) is 3.24. The Bertz CT molecular complexity index is 450. The van der Waals surface area contributed by atoms with Crippen molar-refractivity contribution >= 4 is 5.82 Å². The van der Waals surface area contributed by atoms with E-state index < -0.39 is 0 Å². The van der Waals surface area contributed by atoms with Gasteiger partial charge >= 0.3 is 0 Å². The zero-order valence-electron chi connectivity index (χ0n) is 8.73. The number of hydrogen-bond donors (Lipinski definition) is 1. The van der Waals surface area contributed by atoms with E-state index in [4.69, 9.17) is 0 Å². The Balaban J connectivity index is 2.40. The topological polar surface area (TPSA) is 50.7 Å². The van der Waals surface area contributed by atoms with Crippen molar-refractivity contribution < 1.29 is 0 Å². The van der Waals surface area contributed by atoms with Gasteiger partial charge in [-0.25, -0.2) is 9.97 Å². The maximum Gasteiger partial charge on any atom is 0.180 e. The summed E-state index contributed by atoms with van der Waals surface area (Å²) in [4.78, 5) is 12.8. The average molecular weight is 200 g/mol. The molecule has 0 saturated heterocycles. The number of nitrogens with one attached hydrogen (secondary N) is 1. The summed E-state index contributed by atoms with van der Waals surface area (Å²) in [5.74, 6) is 1.43. The summed E-state index contributed by atoms with van der Waals surface area (Å²) in [5.41, 5.74) is 1.92. The van der Waals surface area contributed by atoms with E-state index in [1.807, 2.05) is 38.4 Å². The minimum Gasteiger partial charge on any atom is -0.373 e. The van der Waals surface area contributed by atoms with Crippen LogP contribution in [-0.4, -0.2) is 22.0 Å². The molecule has 0 aliphatic rings. The van der Waals surface area contributed by atoms with Crippen LogP contribution in [0.4, 0.5) is 5.82 Å². The molecule has 4 nitrogen and oxygen atoms in total. The lowest BCUT2D eigenvalue weighted by atomic mass is 10.2. The van der Waals surface area contributed by atoms with Crippen LogP contribution in [0.3, 0.4) is 0 Å². The smallest absolute Gasteiger partial charge is 0.180 e. The number of pyridine rings is 1. The third kappa shape index (κ3) is 2.10. The molecule has 0 aliphatic heterocycles. The van der Waals surface area contributed by atoms with E-state index in [1.165, 1.54) is 0 Å². The van der Waals surface area contributed by atoms with Gasteiger partial charge in [0.1, 0.15) is 11.5 Å². The zero-order valence-corrected chi connectivity index (χ0v) is 8.73. The molecule has 15 heavy (non-hydrogen) atoms. The number of hydrogen-bond acceptors (Lipinski definition) is 4. The fourth-order valence-electron chi connectivity index (χ4n) is 1.22. The van der Waals surface area contributed by atoms with Crippen LogP contribution < -0.4 is 5.32 Å². The lowest BCUT2D eigenvalue weighted by Crippen LogP contribution is -1.96. The van der Waals surface area contributed by atoms with Gasteiger partial charge < -0.3 is 5.32 Å². The Morgan fingerprint density at radius 2 is 2.00 bits per heavy atom. The highest BCUT2D eigenvalue weighted by Crippen LogP contribution is 2.13. The van der Waals surface area contributed by atoms with Crippen LogP contribution in [0.5, 0.6) is 0 Å². The van der Waals surface area contributed by atoms with Crippen molar-refractivity contribution in [2.45, 2.75) is 6.92 Å². The van der Waals surface area contributed by atoms with E-state index in [-0.39, 0.29) is 0 Å². The quantitative estimate of drug-likeness (QED) is 0.804. The van der Waals surface area contributed by atoms with Gasteiger partial charge in [-0.15, -0.1) is 0 Å². The van der Waals surface area contributed by atoms with E-state index in [0.717, 1.165) is 17.1 Å². The highest BCUT2D eigenvalue weighted by atomic mass is 15.0. The molecule has 2 rings (SSSR count). The number of aryl methyl sites for hydroxylation is 1. The molecule has 2 heterocycles. The summed E-state index contributed by atoms with van der Waals surface area (Å²) in [5, 5.41) is 2.97. The van der Waals surface area contributed by atoms with Crippen molar-refractivity contribution in [2.75, 3.05) is 12.4 Å². The van der Waals surface area contributed by atoms with Crippen LogP contribution in [0.2, 0.25) is 0 Å². The van der Waals surface area contributed by atoms with Crippen molar-refractivity contribution in [1.29, 1.82) is 0 Å². The predicted molar refractivity (Wildman–Crippen MR) is 59.5 cm³/mol. The molecule has 0 aliphatic carbocycles. The SMILES string of the molecule is CNc1ccnc(-c2ccc(C)cn2)n1. The van der Waals surface area contributed by atoms with Crippen molar-refractivity contribution in [1.82, 2.24) is 15.0 Å². The van der Waals surface area contributed by atoms with Crippen molar-refractivity contribution in [3.63, 3.8) is 0 Å². The predicted octanol–water partition coefficient (Wildman–Crippen LogP) is 1.89. The first-order valence-corrected chi connectivity index (χ1v) is 4.73. The molecule has 0 atom stereocenters. The molecule has 2 aromatic rings. The first kappa shape index (κ1) is 9.58. The summed E-state index contributed by atoms with van der Waals surface area (Å²) in [6.07, 6.45) is 3.53. The molecule has 0 bridgehead atoms. The fraction of sp³-hybridized carbons (Fsp3) is 0.182. The van der Waals surface area contributed by atoms with Crippen LogP contribution >= 0.6 is 0 Å². The molecule has 0 aromatic carbocycles. The monoisotopic (exact) mass is 200 g/mol. The highest BCUT2D eigenvalue weighted by Gasteiger charge is 2.02. The Hall–Kier alpha value is -1.97. The standard InChI is InChI=1S/C11H12N4/c1-8-3-4-9(14-7-8)11-13-6-5-10(12-2)15-11/h3-7H,1-2H3,(H,12,13,15). The minimum absolute atomic E-state index is 0.641. The van der Waals surface area contributed by atoms with E-state index in [1.54, 1.807) is 6.20 Å². The third-order valence-electron chi connectivity index (χ3n) is 2.05. The van der Waals surface area contributed by atoms with E-state index in [9.17, 15) is 0 Å². The first-order chi connectivity index (χ1) is 7.29. The summed E-state index contributed by atoms with van der Waals surface area (Å²) >= 11 is 0. The van der Waals surface area contributed by atoms with Gasteiger partial charge in [-0.1, -0.05) is 6.07 Å². The molecule has 1 N–H and O–H groups in total. The van der Waals surface area contributed by atoms with Gasteiger partial charge in [-0.2, -0.15) is 0 Å². The lowest BCUT2D eigenvalue weighted by Gasteiger charge is -2.02. The molecule has 4 heteroatoms. The molecular weight excluding hydrogens is 188 g/mol. The largest absolute Gasteiger partial charge is 0.373 e. The second-order valence-electron chi connectivity index (χ2n) is 3.24. The number of anilines is 1. The van der Waals surface area contributed by atoms with Crippen molar-refractivity contribution in [3.05, 3.63) is 36.2 Å². The Kier molecular flexibility index (Phi) is 2.58. The molecule has 0 unspecified atom stereocenters. The van der Waals surface area contributed by atoms with Crippen molar-refractivity contribution in [2.24, 2.45) is 0 Å². The third-order valence-corrected chi connectivity index (χ3v) is 2.05. The molecule has 2 aromatic heterocycles. The van der Waals surface area contributed by atoms with Crippen LogP contribution in [0.1, 0.15) is 5.56 Å². The number of nitrogens with zero attached hydrogens (tertiary/aromatic N) is 3. The van der Waals surface area contributed by atoms with Gasteiger partial charge in [-0.3, -0.25) is 4.98 Å². The van der Waals surface area contributed by atoms with Gasteiger partial charge in [0.25, 0.3) is 0 Å². The lowest BCUT2D eigenvalue weighted by molar-refractivity contribution is 1.13. The molecule has 0 radical (unpaired) electrons. The highest BCUT2D eigenvalue weighted by molar-refractivity contribution is 5.51. The van der Waals surface area contributed by atoms with Gasteiger partial charge in [0.15, 0.2) is 5.82 Å². The molecular formula is C11H12N4. The molecule has 0 fully saturated rings. The van der Waals surface area contributed by atoms with E-state index >= 15 is 0 Å². The van der Waals surface area contributed by atoms with Crippen LogP contribution in [-0.2, 0) is 0 Å². The summed E-state index contributed by atoms with van der Waals surface area (Å²) in [6, 6.07) is 5.74. The number of rotatable bonds is 2. The van der Waals surface area contributed by atoms with Crippen LogP contribution in [0.15, 0.2) is 30.6 Å². The molecule has 0 saturated carbocycles. The molecule has 76 valence electrons. The van der Waals surface area contributed by atoms with Crippen molar-refractivity contribution in [3.8, 4) is 11.5 Å². The Morgan fingerprint density at radius 1 is 1.13 bits per heavy atom. The van der Waals surface area contributed by atoms with Gasteiger partial charge in [0.05, 0.1) is 0 Å². The summed E-state index contributed by atoms with van der Waals surface area (Å²) in [7, 11) is 1.83. The van der Waals surface area contributed by atoms with Crippen LogP contribution in [0, 0.1) is 6.92 Å². The first-order valence-electron chi connectivity index (χ1n) is 4.73. The minimum atomic E-state index is 0.641. The van der Waals surface area contributed by atoms with E-state index in [0.29, 0.717) is 5.82 Å². The molecule has 0 amide bonds. The Morgan fingerprint density at radius 3 is 2.67 bits per heavy atom. The maximum atomic E-state index is 4.31. The fourth-order valence-corrected chi connectivity index (χ4v) is 1.22. The summed E-state index contributed by atoms with van der Waals surface area (Å²) < 4.78 is 0. The van der Waals surface area contributed by atoms with Gasteiger partial charge in [0, 0.05) is 19.4 Å². The Labute approximate surface area is 88.4 Å². The normalized spacial score (nSPS) is 10.0. The van der Waals surface area contributed by atoms with Gasteiger partial charge in [0.2, 0.25) is 0 Å². The maximum absolute atomic E-state index is 4.31. The van der Waals surface area contributed by atoms with Gasteiger partial charge in [-0.05, 0) is 24.6 Å². The van der Waals surface area contributed by atoms with Crippen LogP contribution in [0.25, 0.3) is 11.5 Å². The zero-order chi connectivity index (χ0) is 10.7. The number of aromatic nitrogens is 3. The molecule has 0 spiro atoms. The summed E-state index contributed by atoms with van der Waals surface area (Å²) in [6.45, 7) is 2.00. The average Bonchev–Trinajstić information content (AvgIpc) is 2.30.